The van der Waals surface area contributed by atoms with Gasteiger partial charge in [0.05, 0.1) is 13.0 Å². The highest BCUT2D eigenvalue weighted by Crippen LogP contribution is 2.27. The number of esters is 1. The summed E-state index contributed by atoms with van der Waals surface area (Å²) in [5.41, 5.74) is 2.12. The van der Waals surface area contributed by atoms with E-state index in [0.717, 1.165) is 30.5 Å². The van der Waals surface area contributed by atoms with Crippen molar-refractivity contribution in [1.82, 2.24) is 10.3 Å². The average Bonchev–Trinajstić information content (AvgIpc) is 2.39. The molecule has 1 unspecified atom stereocenters. The maximum Gasteiger partial charge on any atom is 0.307 e. The molecule has 1 aliphatic carbocycles. The summed E-state index contributed by atoms with van der Waals surface area (Å²) in [4.78, 5) is 25.4. The number of nitrogens with one attached hydrogen (secondary N) is 2. The molecule has 2 N–H and O–H groups in total. The Morgan fingerprint density at radius 2 is 2.37 bits per heavy atom. The molecule has 19 heavy (non-hydrogen) atoms. The lowest BCUT2D eigenvalue weighted by Crippen LogP contribution is -2.29. The molecule has 0 amide bonds. The molecular formula is C14H20N2O3. The Hall–Kier alpha value is -1.62. The van der Waals surface area contributed by atoms with Crippen LogP contribution in [0, 0.1) is 0 Å². The van der Waals surface area contributed by atoms with Crippen molar-refractivity contribution in [2.24, 2.45) is 0 Å². The zero-order chi connectivity index (χ0) is 13.7. The molecule has 0 aliphatic heterocycles. The van der Waals surface area contributed by atoms with E-state index < -0.39 is 0 Å². The minimum Gasteiger partial charge on any atom is -0.466 e. The summed E-state index contributed by atoms with van der Waals surface area (Å²) < 4.78 is 4.89. The summed E-state index contributed by atoms with van der Waals surface area (Å²) in [6, 6.07) is 3.66. The number of hydrogen-bond donors (Lipinski definition) is 2. The Morgan fingerprint density at radius 1 is 1.53 bits per heavy atom. The third-order valence-electron chi connectivity index (χ3n) is 3.36. The summed E-state index contributed by atoms with van der Waals surface area (Å²) in [6.07, 6.45) is 3.37. The Labute approximate surface area is 112 Å². The molecule has 1 atom stereocenters. The second kappa shape index (κ2) is 6.52. The Kier molecular flexibility index (Phi) is 4.74. The van der Waals surface area contributed by atoms with Crippen LogP contribution in [0.25, 0.3) is 0 Å². The highest BCUT2D eigenvalue weighted by Gasteiger charge is 2.20. The second-order valence-electron chi connectivity index (χ2n) is 4.71. The fourth-order valence-electron chi connectivity index (χ4n) is 2.49. The van der Waals surface area contributed by atoms with Crippen molar-refractivity contribution in [3.63, 3.8) is 0 Å². The molecule has 1 aliphatic rings. The number of aromatic amines is 1. The first kappa shape index (κ1) is 13.8. The van der Waals surface area contributed by atoms with Gasteiger partial charge in [-0.15, -0.1) is 0 Å². The van der Waals surface area contributed by atoms with Gasteiger partial charge in [0.1, 0.15) is 0 Å². The maximum absolute atomic E-state index is 11.3. The second-order valence-corrected chi connectivity index (χ2v) is 4.71. The normalized spacial score (nSPS) is 17.8. The molecular weight excluding hydrogens is 244 g/mol. The van der Waals surface area contributed by atoms with Crippen LogP contribution in [0.2, 0.25) is 0 Å². The van der Waals surface area contributed by atoms with Gasteiger partial charge in [-0.2, -0.15) is 0 Å². The number of aryl methyl sites for hydroxylation is 1. The quantitative estimate of drug-likeness (QED) is 0.786. The summed E-state index contributed by atoms with van der Waals surface area (Å²) in [6.45, 7) is 2.83. The standard InChI is InChI=1S/C14H20N2O3/c1-2-19-14(18)8-9-15-11-4-3-5-12-10(11)6-7-13(17)16-12/h6-7,11,15H,2-5,8-9H2,1H3,(H,16,17). The molecule has 0 fully saturated rings. The fourth-order valence-corrected chi connectivity index (χ4v) is 2.49. The highest BCUT2D eigenvalue weighted by molar-refractivity contribution is 5.69. The van der Waals surface area contributed by atoms with E-state index in [-0.39, 0.29) is 17.6 Å². The molecule has 0 radical (unpaired) electrons. The van der Waals surface area contributed by atoms with E-state index in [4.69, 9.17) is 4.74 Å². The topological polar surface area (TPSA) is 71.2 Å². The third-order valence-corrected chi connectivity index (χ3v) is 3.36. The number of carbonyl (C=O) groups is 1. The summed E-state index contributed by atoms with van der Waals surface area (Å²) in [7, 11) is 0. The van der Waals surface area contributed by atoms with E-state index in [1.807, 2.05) is 6.07 Å². The monoisotopic (exact) mass is 264 g/mol. The van der Waals surface area contributed by atoms with Crippen LogP contribution in [0.15, 0.2) is 16.9 Å². The van der Waals surface area contributed by atoms with Crippen LogP contribution in [-0.4, -0.2) is 24.1 Å². The molecule has 0 bridgehead atoms. The van der Waals surface area contributed by atoms with Crippen LogP contribution >= 0.6 is 0 Å². The maximum atomic E-state index is 11.3. The van der Waals surface area contributed by atoms with Gasteiger partial charge in [0.25, 0.3) is 0 Å². The zero-order valence-electron chi connectivity index (χ0n) is 11.2. The van der Waals surface area contributed by atoms with Gasteiger partial charge in [-0.05, 0) is 31.7 Å². The Bertz CT molecular complexity index is 496. The fraction of sp³-hybridized carbons (Fsp3) is 0.571. The van der Waals surface area contributed by atoms with Crippen LogP contribution in [0.1, 0.15) is 43.5 Å². The summed E-state index contributed by atoms with van der Waals surface area (Å²) in [5.74, 6) is -0.174. The molecule has 1 aromatic rings. The zero-order valence-corrected chi connectivity index (χ0v) is 11.2. The molecule has 0 saturated carbocycles. The molecule has 2 rings (SSSR count). The molecule has 5 nitrogen and oxygen atoms in total. The summed E-state index contributed by atoms with van der Waals surface area (Å²) in [5, 5.41) is 3.36. The third kappa shape index (κ3) is 3.67. The van der Waals surface area contributed by atoms with Crippen LogP contribution in [0.4, 0.5) is 0 Å². The molecule has 0 aromatic carbocycles. The van der Waals surface area contributed by atoms with Crippen molar-refractivity contribution in [3.05, 3.63) is 33.7 Å². The van der Waals surface area contributed by atoms with Gasteiger partial charge < -0.3 is 15.0 Å². The van der Waals surface area contributed by atoms with Crippen molar-refractivity contribution in [2.75, 3.05) is 13.2 Å². The van der Waals surface area contributed by atoms with E-state index in [1.54, 1.807) is 13.0 Å². The molecule has 1 heterocycles. The number of aromatic nitrogens is 1. The lowest BCUT2D eigenvalue weighted by Gasteiger charge is -2.25. The van der Waals surface area contributed by atoms with E-state index in [9.17, 15) is 9.59 Å². The van der Waals surface area contributed by atoms with Crippen LogP contribution < -0.4 is 10.9 Å². The minimum atomic E-state index is -0.174. The number of H-pyrrole nitrogens is 1. The lowest BCUT2D eigenvalue weighted by molar-refractivity contribution is -0.143. The smallest absolute Gasteiger partial charge is 0.307 e. The van der Waals surface area contributed by atoms with Crippen LogP contribution in [0.5, 0.6) is 0 Å². The number of rotatable bonds is 5. The molecule has 0 saturated heterocycles. The van der Waals surface area contributed by atoms with E-state index in [1.165, 1.54) is 0 Å². The van der Waals surface area contributed by atoms with Gasteiger partial charge in [-0.3, -0.25) is 9.59 Å². The molecule has 0 spiro atoms. The molecule has 104 valence electrons. The van der Waals surface area contributed by atoms with Gasteiger partial charge in [0, 0.05) is 24.3 Å². The minimum absolute atomic E-state index is 0.0501. The highest BCUT2D eigenvalue weighted by atomic mass is 16.5. The number of ether oxygens (including phenoxy) is 1. The van der Waals surface area contributed by atoms with Gasteiger partial charge in [-0.1, -0.05) is 6.07 Å². The van der Waals surface area contributed by atoms with E-state index in [2.05, 4.69) is 10.3 Å². The van der Waals surface area contributed by atoms with Crippen LogP contribution in [-0.2, 0) is 16.0 Å². The van der Waals surface area contributed by atoms with Crippen molar-refractivity contribution >= 4 is 5.97 Å². The molecule has 1 aromatic heterocycles. The average molecular weight is 264 g/mol. The lowest BCUT2D eigenvalue weighted by atomic mass is 9.91. The SMILES string of the molecule is CCOC(=O)CCNC1CCCc2[nH]c(=O)ccc21. The van der Waals surface area contributed by atoms with Gasteiger partial charge in [-0.25, -0.2) is 0 Å². The van der Waals surface area contributed by atoms with Gasteiger partial charge in [0.2, 0.25) is 5.56 Å². The molecule has 5 heteroatoms. The number of carbonyl (C=O) groups excluding carboxylic acids is 1. The first-order chi connectivity index (χ1) is 9.20. The van der Waals surface area contributed by atoms with Crippen molar-refractivity contribution in [2.45, 2.75) is 38.6 Å². The van der Waals surface area contributed by atoms with Crippen LogP contribution in [0.3, 0.4) is 0 Å². The first-order valence-corrected chi connectivity index (χ1v) is 6.82. The first-order valence-electron chi connectivity index (χ1n) is 6.82. The number of pyridine rings is 1. The summed E-state index contributed by atoms with van der Waals surface area (Å²) >= 11 is 0. The number of fused-ring (bicyclic) bond motifs is 1. The number of hydrogen-bond acceptors (Lipinski definition) is 4. The largest absolute Gasteiger partial charge is 0.466 e. The van der Waals surface area contributed by atoms with Gasteiger partial charge >= 0.3 is 5.97 Å². The van der Waals surface area contributed by atoms with E-state index in [0.29, 0.717) is 19.6 Å². The van der Waals surface area contributed by atoms with Crippen molar-refractivity contribution in [1.29, 1.82) is 0 Å². The predicted octanol–water partition coefficient (Wildman–Crippen LogP) is 1.30. The van der Waals surface area contributed by atoms with E-state index >= 15 is 0 Å². The van der Waals surface area contributed by atoms with Crippen molar-refractivity contribution < 1.29 is 9.53 Å². The van der Waals surface area contributed by atoms with Crippen molar-refractivity contribution in [3.8, 4) is 0 Å². The van der Waals surface area contributed by atoms with Gasteiger partial charge in [0.15, 0.2) is 0 Å². The Balaban J connectivity index is 1.93. The predicted molar refractivity (Wildman–Crippen MR) is 72.0 cm³/mol. The Morgan fingerprint density at radius 3 is 3.16 bits per heavy atom.